The third-order valence-corrected chi connectivity index (χ3v) is 2.69. The van der Waals surface area contributed by atoms with Gasteiger partial charge in [-0.1, -0.05) is 0 Å². The Balaban J connectivity index is 1.91. The molecule has 4 nitrogen and oxygen atoms in total. The van der Waals surface area contributed by atoms with Crippen molar-refractivity contribution >= 4 is 5.96 Å². The molecule has 1 aliphatic rings. The largest absolute Gasteiger partial charge is 0.382 e. The predicted molar refractivity (Wildman–Crippen MR) is 67.8 cm³/mol. The Kier molecular flexibility index (Phi) is 6.97. The van der Waals surface area contributed by atoms with E-state index < -0.39 is 0 Å². The average Bonchev–Trinajstić information content (AvgIpc) is 3.11. The molecule has 16 heavy (non-hydrogen) atoms. The van der Waals surface area contributed by atoms with Gasteiger partial charge in [0.25, 0.3) is 0 Å². The summed E-state index contributed by atoms with van der Waals surface area (Å²) in [5.74, 6) is 1.82. The molecule has 4 heteroatoms. The summed E-state index contributed by atoms with van der Waals surface area (Å²) in [4.78, 5) is 4.18. The molecule has 0 aromatic carbocycles. The summed E-state index contributed by atoms with van der Waals surface area (Å²) in [5.41, 5.74) is 0. The maximum absolute atomic E-state index is 5.28. The fourth-order valence-corrected chi connectivity index (χ4v) is 1.46. The third kappa shape index (κ3) is 6.67. The van der Waals surface area contributed by atoms with E-state index in [1.165, 1.54) is 12.8 Å². The topological polar surface area (TPSA) is 45.6 Å². The summed E-state index contributed by atoms with van der Waals surface area (Å²) in [7, 11) is 1.82. The second kappa shape index (κ2) is 8.39. The first-order valence-corrected chi connectivity index (χ1v) is 6.39. The maximum atomic E-state index is 5.28. The van der Waals surface area contributed by atoms with E-state index in [0.717, 1.165) is 51.0 Å². The number of nitrogens with zero attached hydrogens (tertiary/aromatic N) is 1. The van der Waals surface area contributed by atoms with Crippen LogP contribution in [0.5, 0.6) is 0 Å². The smallest absolute Gasteiger partial charge is 0.190 e. The number of unbranched alkanes of at least 4 members (excludes halogenated alkanes) is 1. The molecule has 0 aromatic heterocycles. The average molecular weight is 227 g/mol. The van der Waals surface area contributed by atoms with E-state index in [4.69, 9.17) is 4.74 Å². The van der Waals surface area contributed by atoms with Gasteiger partial charge in [0.2, 0.25) is 0 Å². The van der Waals surface area contributed by atoms with Crippen molar-refractivity contribution in [2.75, 3.05) is 33.4 Å². The number of hydrogen-bond acceptors (Lipinski definition) is 2. The highest BCUT2D eigenvalue weighted by Gasteiger charge is 2.20. The van der Waals surface area contributed by atoms with E-state index in [9.17, 15) is 0 Å². The van der Waals surface area contributed by atoms with Crippen LogP contribution in [0.15, 0.2) is 4.99 Å². The summed E-state index contributed by atoms with van der Waals surface area (Å²) in [6.07, 6.45) is 4.99. The van der Waals surface area contributed by atoms with Crippen molar-refractivity contribution in [1.29, 1.82) is 0 Å². The Hall–Kier alpha value is -0.770. The fraction of sp³-hybridized carbons (Fsp3) is 0.917. The molecular formula is C12H25N3O. The lowest BCUT2D eigenvalue weighted by molar-refractivity contribution is 0.143. The van der Waals surface area contributed by atoms with Crippen molar-refractivity contribution in [3.8, 4) is 0 Å². The Bertz CT molecular complexity index is 202. The van der Waals surface area contributed by atoms with Crippen molar-refractivity contribution in [2.45, 2.75) is 32.6 Å². The predicted octanol–water partition coefficient (Wildman–Crippen LogP) is 1.38. The molecule has 1 fully saturated rings. The van der Waals surface area contributed by atoms with Crippen LogP contribution in [-0.4, -0.2) is 39.3 Å². The number of hydrogen-bond donors (Lipinski definition) is 2. The first-order chi connectivity index (χ1) is 7.86. The van der Waals surface area contributed by atoms with Gasteiger partial charge in [0.15, 0.2) is 5.96 Å². The number of guanidine groups is 1. The van der Waals surface area contributed by atoms with Crippen LogP contribution in [-0.2, 0) is 4.74 Å². The highest BCUT2D eigenvalue weighted by molar-refractivity contribution is 5.79. The molecular weight excluding hydrogens is 202 g/mol. The van der Waals surface area contributed by atoms with Crippen LogP contribution in [0.2, 0.25) is 0 Å². The van der Waals surface area contributed by atoms with Crippen LogP contribution in [0, 0.1) is 5.92 Å². The van der Waals surface area contributed by atoms with Gasteiger partial charge in [-0.2, -0.15) is 0 Å². The summed E-state index contributed by atoms with van der Waals surface area (Å²) < 4.78 is 5.28. The van der Waals surface area contributed by atoms with Crippen molar-refractivity contribution in [1.82, 2.24) is 10.6 Å². The molecule has 0 aromatic rings. The van der Waals surface area contributed by atoms with Crippen LogP contribution in [0.4, 0.5) is 0 Å². The van der Waals surface area contributed by atoms with E-state index in [1.807, 2.05) is 14.0 Å². The van der Waals surface area contributed by atoms with E-state index >= 15 is 0 Å². The zero-order chi connectivity index (χ0) is 11.6. The maximum Gasteiger partial charge on any atom is 0.190 e. The first-order valence-electron chi connectivity index (χ1n) is 6.39. The van der Waals surface area contributed by atoms with Crippen molar-refractivity contribution in [3.05, 3.63) is 0 Å². The Morgan fingerprint density at radius 2 is 2.12 bits per heavy atom. The summed E-state index contributed by atoms with van der Waals surface area (Å²) >= 11 is 0. The van der Waals surface area contributed by atoms with Gasteiger partial charge in [-0.15, -0.1) is 0 Å². The number of rotatable bonds is 8. The molecule has 0 radical (unpaired) electrons. The van der Waals surface area contributed by atoms with Gasteiger partial charge < -0.3 is 15.4 Å². The van der Waals surface area contributed by atoms with E-state index in [0.29, 0.717) is 0 Å². The molecule has 1 rings (SSSR count). The van der Waals surface area contributed by atoms with Crippen molar-refractivity contribution in [3.63, 3.8) is 0 Å². The van der Waals surface area contributed by atoms with Crippen molar-refractivity contribution < 1.29 is 4.74 Å². The molecule has 2 N–H and O–H groups in total. The summed E-state index contributed by atoms with van der Waals surface area (Å²) in [6.45, 7) is 5.75. The van der Waals surface area contributed by atoms with E-state index in [-0.39, 0.29) is 0 Å². The van der Waals surface area contributed by atoms with Crippen LogP contribution in [0.3, 0.4) is 0 Å². The number of ether oxygens (including phenoxy) is 1. The minimum Gasteiger partial charge on any atom is -0.382 e. The molecule has 1 saturated carbocycles. The van der Waals surface area contributed by atoms with Gasteiger partial charge in [0.05, 0.1) is 0 Å². The Morgan fingerprint density at radius 1 is 1.31 bits per heavy atom. The standard InChI is InChI=1S/C12H25N3O/c1-3-16-9-5-4-8-14-12(13-2)15-10-11-6-7-11/h11H,3-10H2,1-2H3,(H2,13,14,15). The monoisotopic (exact) mass is 227 g/mol. The Morgan fingerprint density at radius 3 is 2.75 bits per heavy atom. The van der Waals surface area contributed by atoms with Gasteiger partial charge in [0.1, 0.15) is 0 Å². The van der Waals surface area contributed by atoms with Crippen molar-refractivity contribution in [2.24, 2.45) is 10.9 Å². The molecule has 0 aliphatic heterocycles. The molecule has 1 aliphatic carbocycles. The molecule has 0 unspecified atom stereocenters. The normalized spacial score (nSPS) is 16.2. The minimum absolute atomic E-state index is 0.818. The molecule has 0 saturated heterocycles. The van der Waals surface area contributed by atoms with Crippen LogP contribution in [0.1, 0.15) is 32.6 Å². The van der Waals surface area contributed by atoms with Crippen LogP contribution < -0.4 is 10.6 Å². The molecule has 0 spiro atoms. The quantitative estimate of drug-likeness (QED) is 0.374. The lowest BCUT2D eigenvalue weighted by Crippen LogP contribution is -2.38. The lowest BCUT2D eigenvalue weighted by Gasteiger charge is -2.11. The first kappa shape index (κ1) is 13.3. The van der Waals surface area contributed by atoms with Gasteiger partial charge >= 0.3 is 0 Å². The van der Waals surface area contributed by atoms with Gasteiger partial charge in [-0.05, 0) is 38.5 Å². The SMILES string of the molecule is CCOCCCCNC(=NC)NCC1CC1. The van der Waals surface area contributed by atoms with Gasteiger partial charge in [0, 0.05) is 33.4 Å². The van der Waals surface area contributed by atoms with Gasteiger partial charge in [-0.3, -0.25) is 4.99 Å². The van der Waals surface area contributed by atoms with E-state index in [1.54, 1.807) is 0 Å². The molecule has 0 amide bonds. The van der Waals surface area contributed by atoms with E-state index in [2.05, 4.69) is 15.6 Å². The number of nitrogens with one attached hydrogen (secondary N) is 2. The zero-order valence-electron chi connectivity index (χ0n) is 10.6. The second-order valence-corrected chi connectivity index (χ2v) is 4.23. The zero-order valence-corrected chi connectivity index (χ0v) is 10.6. The lowest BCUT2D eigenvalue weighted by atomic mass is 10.3. The van der Waals surface area contributed by atoms with Crippen LogP contribution >= 0.6 is 0 Å². The molecule has 0 bridgehead atoms. The summed E-state index contributed by atoms with van der Waals surface area (Å²) in [6, 6.07) is 0. The second-order valence-electron chi connectivity index (χ2n) is 4.23. The number of aliphatic imine (C=N–C) groups is 1. The highest BCUT2D eigenvalue weighted by atomic mass is 16.5. The molecule has 0 atom stereocenters. The molecule has 0 heterocycles. The van der Waals surface area contributed by atoms with Crippen LogP contribution in [0.25, 0.3) is 0 Å². The fourth-order valence-electron chi connectivity index (χ4n) is 1.46. The third-order valence-electron chi connectivity index (χ3n) is 2.69. The highest BCUT2D eigenvalue weighted by Crippen LogP contribution is 2.27. The van der Waals surface area contributed by atoms with Gasteiger partial charge in [-0.25, -0.2) is 0 Å². The minimum atomic E-state index is 0.818. The molecule has 94 valence electrons. The summed E-state index contributed by atoms with van der Waals surface area (Å²) in [5, 5.41) is 6.65. The Labute approximate surface area is 98.9 Å².